The van der Waals surface area contributed by atoms with Crippen LogP contribution < -0.4 is 10.6 Å². The van der Waals surface area contributed by atoms with E-state index in [0.717, 1.165) is 24.8 Å². The Bertz CT molecular complexity index is 713. The minimum Gasteiger partial charge on any atom is -0.465 e. The first kappa shape index (κ1) is 16.4. The Morgan fingerprint density at radius 3 is 2.88 bits per heavy atom. The fraction of sp³-hybridized carbons (Fsp3) is 0.375. The summed E-state index contributed by atoms with van der Waals surface area (Å²) in [5, 5.41) is 15.2. The molecule has 24 heavy (non-hydrogen) atoms. The van der Waals surface area contributed by atoms with Gasteiger partial charge in [-0.25, -0.2) is 14.8 Å². The molecule has 0 spiro atoms. The fourth-order valence-electron chi connectivity index (χ4n) is 2.95. The van der Waals surface area contributed by atoms with Crippen molar-refractivity contribution in [1.29, 1.82) is 0 Å². The molecule has 0 saturated heterocycles. The molecule has 2 heterocycles. The molecule has 1 fully saturated rings. The quantitative estimate of drug-likeness (QED) is 0.785. The summed E-state index contributed by atoms with van der Waals surface area (Å²) in [6.45, 7) is 0. The van der Waals surface area contributed by atoms with Crippen molar-refractivity contribution in [3.63, 3.8) is 0 Å². The number of hydrogen-bond acceptors (Lipinski definition) is 5. The van der Waals surface area contributed by atoms with E-state index < -0.39 is 6.09 Å². The zero-order valence-electron chi connectivity index (χ0n) is 12.9. The third kappa shape index (κ3) is 4.11. The molecule has 2 atom stereocenters. The number of nitrogens with one attached hydrogen (secondary N) is 2. The molecule has 1 unspecified atom stereocenters. The first-order chi connectivity index (χ1) is 11.6. The zero-order chi connectivity index (χ0) is 16.9. The molecule has 2 aromatic rings. The predicted octanol–water partition coefficient (Wildman–Crippen LogP) is 3.18. The number of carboxylic acid groups (broad SMARTS) is 1. The Kier molecular flexibility index (Phi) is 5.10. The van der Waals surface area contributed by atoms with Crippen LogP contribution in [0, 0.1) is 0 Å². The summed E-state index contributed by atoms with van der Waals surface area (Å²) in [4.78, 5) is 23.6. The highest BCUT2D eigenvalue weighted by Crippen LogP contribution is 2.27. The maximum absolute atomic E-state index is 10.8. The van der Waals surface area contributed by atoms with Crippen LogP contribution >= 0.6 is 11.6 Å². The van der Waals surface area contributed by atoms with Gasteiger partial charge < -0.3 is 15.7 Å². The van der Waals surface area contributed by atoms with Gasteiger partial charge in [0, 0.05) is 30.0 Å². The van der Waals surface area contributed by atoms with E-state index in [4.69, 9.17) is 16.7 Å². The van der Waals surface area contributed by atoms with E-state index in [1.165, 1.54) is 0 Å². The lowest BCUT2D eigenvalue weighted by Crippen LogP contribution is -2.41. The van der Waals surface area contributed by atoms with Gasteiger partial charge in [0.15, 0.2) is 0 Å². The van der Waals surface area contributed by atoms with E-state index in [-0.39, 0.29) is 12.1 Å². The van der Waals surface area contributed by atoms with Gasteiger partial charge in [0.2, 0.25) is 5.95 Å². The average molecular weight is 348 g/mol. The minimum absolute atomic E-state index is 0.0427. The summed E-state index contributed by atoms with van der Waals surface area (Å²) in [7, 11) is 0. The molecule has 1 aliphatic rings. The smallest absolute Gasteiger partial charge is 0.404 e. The van der Waals surface area contributed by atoms with Crippen LogP contribution in [0.4, 0.5) is 10.7 Å². The number of anilines is 1. The zero-order valence-corrected chi connectivity index (χ0v) is 13.7. The normalized spacial score (nSPS) is 20.4. The Morgan fingerprint density at radius 1 is 1.29 bits per heavy atom. The molecule has 126 valence electrons. The maximum Gasteiger partial charge on any atom is 0.404 e. The SMILES string of the molecule is O=C(O)NC1CCC[C@@H](Nc2ncc(Cl)c(-c3cccnc3)n2)C1. The van der Waals surface area contributed by atoms with Crippen LogP contribution in [0.1, 0.15) is 25.7 Å². The van der Waals surface area contributed by atoms with E-state index in [1.54, 1.807) is 18.6 Å². The number of carbonyl (C=O) groups is 1. The summed E-state index contributed by atoms with van der Waals surface area (Å²) < 4.78 is 0. The number of hydrogen-bond donors (Lipinski definition) is 3. The summed E-state index contributed by atoms with van der Waals surface area (Å²) >= 11 is 6.20. The molecule has 7 nitrogen and oxygen atoms in total. The molecule has 0 aromatic carbocycles. The topological polar surface area (TPSA) is 100 Å². The number of aromatic nitrogens is 3. The fourth-order valence-corrected chi connectivity index (χ4v) is 3.15. The van der Waals surface area contributed by atoms with Gasteiger partial charge in [-0.3, -0.25) is 4.98 Å². The Balaban J connectivity index is 1.72. The molecule has 8 heteroatoms. The minimum atomic E-state index is -0.984. The summed E-state index contributed by atoms with van der Waals surface area (Å²) in [6, 6.07) is 3.79. The first-order valence-corrected chi connectivity index (χ1v) is 8.18. The number of amides is 1. The van der Waals surface area contributed by atoms with Crippen molar-refractivity contribution in [2.45, 2.75) is 37.8 Å². The van der Waals surface area contributed by atoms with Crippen LogP contribution in [0.25, 0.3) is 11.3 Å². The highest BCUT2D eigenvalue weighted by molar-refractivity contribution is 6.32. The molecular formula is C16H18ClN5O2. The number of nitrogens with zero attached hydrogens (tertiary/aromatic N) is 3. The van der Waals surface area contributed by atoms with Gasteiger partial charge in [0.1, 0.15) is 0 Å². The molecule has 1 amide bonds. The third-order valence-electron chi connectivity index (χ3n) is 4.01. The van der Waals surface area contributed by atoms with Crippen molar-refractivity contribution in [2.24, 2.45) is 0 Å². The monoisotopic (exact) mass is 347 g/mol. The lowest BCUT2D eigenvalue weighted by molar-refractivity contribution is 0.185. The summed E-state index contributed by atoms with van der Waals surface area (Å²) in [5.74, 6) is 0.485. The summed E-state index contributed by atoms with van der Waals surface area (Å²) in [6.07, 6.45) is 7.43. The van der Waals surface area contributed by atoms with Crippen LogP contribution in [-0.4, -0.2) is 38.2 Å². The van der Waals surface area contributed by atoms with Gasteiger partial charge in [-0.2, -0.15) is 0 Å². The van der Waals surface area contributed by atoms with Gasteiger partial charge in [0.05, 0.1) is 16.9 Å². The van der Waals surface area contributed by atoms with Gasteiger partial charge in [0.25, 0.3) is 0 Å². The van der Waals surface area contributed by atoms with Crippen LogP contribution in [0.5, 0.6) is 0 Å². The summed E-state index contributed by atoms with van der Waals surface area (Å²) in [5.41, 5.74) is 1.44. The molecular weight excluding hydrogens is 330 g/mol. The predicted molar refractivity (Wildman–Crippen MR) is 91.1 cm³/mol. The maximum atomic E-state index is 10.8. The molecule has 1 aliphatic carbocycles. The van der Waals surface area contributed by atoms with Crippen LogP contribution in [0.3, 0.4) is 0 Å². The number of rotatable bonds is 4. The van der Waals surface area contributed by atoms with E-state index in [9.17, 15) is 4.79 Å². The Morgan fingerprint density at radius 2 is 2.12 bits per heavy atom. The highest BCUT2D eigenvalue weighted by atomic mass is 35.5. The van der Waals surface area contributed by atoms with Crippen molar-refractivity contribution in [3.05, 3.63) is 35.7 Å². The molecule has 3 N–H and O–H groups in total. The van der Waals surface area contributed by atoms with E-state index >= 15 is 0 Å². The van der Waals surface area contributed by atoms with Gasteiger partial charge >= 0.3 is 6.09 Å². The molecule has 1 saturated carbocycles. The molecule has 0 radical (unpaired) electrons. The number of halogens is 1. The average Bonchev–Trinajstić information content (AvgIpc) is 2.57. The van der Waals surface area contributed by atoms with Crippen molar-refractivity contribution >= 4 is 23.6 Å². The van der Waals surface area contributed by atoms with Gasteiger partial charge in [-0.05, 0) is 37.8 Å². The Labute approximate surface area is 144 Å². The van der Waals surface area contributed by atoms with E-state index in [0.29, 0.717) is 23.1 Å². The van der Waals surface area contributed by atoms with Gasteiger partial charge in [-0.1, -0.05) is 11.6 Å². The van der Waals surface area contributed by atoms with Crippen molar-refractivity contribution < 1.29 is 9.90 Å². The first-order valence-electron chi connectivity index (χ1n) is 7.81. The van der Waals surface area contributed by atoms with E-state index in [2.05, 4.69) is 25.6 Å². The van der Waals surface area contributed by atoms with Crippen LogP contribution in [0.15, 0.2) is 30.7 Å². The standard InChI is InChI=1S/C16H18ClN5O2/c17-13-9-19-15(22-14(13)10-3-2-6-18-8-10)20-11-4-1-5-12(7-11)21-16(23)24/h2-3,6,8-9,11-12,21H,1,4-5,7H2,(H,23,24)(H,19,20,22)/t11-,12?/m1/s1. The molecule has 0 bridgehead atoms. The van der Waals surface area contributed by atoms with Crippen LogP contribution in [0.2, 0.25) is 5.02 Å². The lowest BCUT2D eigenvalue weighted by atomic mass is 9.91. The molecule has 3 rings (SSSR count). The van der Waals surface area contributed by atoms with Crippen molar-refractivity contribution in [3.8, 4) is 11.3 Å². The van der Waals surface area contributed by atoms with Crippen LogP contribution in [-0.2, 0) is 0 Å². The lowest BCUT2D eigenvalue weighted by Gasteiger charge is -2.29. The van der Waals surface area contributed by atoms with Crippen molar-refractivity contribution in [2.75, 3.05) is 5.32 Å². The molecule has 0 aliphatic heterocycles. The second kappa shape index (κ2) is 7.44. The highest BCUT2D eigenvalue weighted by Gasteiger charge is 2.24. The third-order valence-corrected chi connectivity index (χ3v) is 4.29. The second-order valence-electron chi connectivity index (χ2n) is 5.79. The van der Waals surface area contributed by atoms with E-state index in [1.807, 2.05) is 12.1 Å². The van der Waals surface area contributed by atoms with Gasteiger partial charge in [-0.15, -0.1) is 0 Å². The second-order valence-corrected chi connectivity index (χ2v) is 6.19. The number of pyridine rings is 1. The van der Waals surface area contributed by atoms with Crippen molar-refractivity contribution in [1.82, 2.24) is 20.3 Å². The largest absolute Gasteiger partial charge is 0.465 e. The molecule has 2 aromatic heterocycles. The Hall–Kier alpha value is -2.41.